The van der Waals surface area contributed by atoms with E-state index in [1.165, 1.54) is 0 Å². The molecule has 1 saturated heterocycles. The molecule has 1 aromatic carbocycles. The third kappa shape index (κ3) is 2.85. The summed E-state index contributed by atoms with van der Waals surface area (Å²) in [4.78, 5) is 23.7. The van der Waals surface area contributed by atoms with Crippen molar-refractivity contribution in [1.29, 1.82) is 0 Å². The summed E-state index contributed by atoms with van der Waals surface area (Å²) in [6, 6.07) is 5.52. The predicted molar refractivity (Wildman–Crippen MR) is 71.1 cm³/mol. The van der Waals surface area contributed by atoms with Gasteiger partial charge in [0.1, 0.15) is 6.29 Å². The van der Waals surface area contributed by atoms with Gasteiger partial charge < -0.3 is 9.69 Å². The topological polar surface area (TPSA) is 37.4 Å². The Kier molecular flexibility index (Phi) is 4.25. The summed E-state index contributed by atoms with van der Waals surface area (Å²) in [7, 11) is 0. The molecule has 0 unspecified atom stereocenters. The summed E-state index contributed by atoms with van der Waals surface area (Å²) in [5.41, 5.74) is 1.06. The fraction of sp³-hybridized carbons (Fsp3) is 0.385. The van der Waals surface area contributed by atoms with Crippen molar-refractivity contribution >= 4 is 35.4 Å². The predicted octanol–water partition coefficient (Wildman–Crippen LogP) is 2.90. The number of hydrogen-bond acceptors (Lipinski definition) is 2. The highest BCUT2D eigenvalue weighted by molar-refractivity contribution is 6.42. The zero-order chi connectivity index (χ0) is 13.1. The molecule has 5 heteroatoms. The number of likely N-dealkylation sites (tertiary alicyclic amines) is 1. The molecule has 0 aliphatic carbocycles. The van der Waals surface area contributed by atoms with Crippen molar-refractivity contribution < 1.29 is 9.59 Å². The molecule has 3 nitrogen and oxygen atoms in total. The quantitative estimate of drug-likeness (QED) is 0.801. The van der Waals surface area contributed by atoms with Crippen LogP contribution in [0.15, 0.2) is 18.2 Å². The van der Waals surface area contributed by atoms with Crippen LogP contribution >= 0.6 is 23.2 Å². The molecule has 1 aliphatic rings. The van der Waals surface area contributed by atoms with Crippen LogP contribution in [0.2, 0.25) is 10.0 Å². The van der Waals surface area contributed by atoms with Gasteiger partial charge in [0.05, 0.1) is 16.6 Å². The lowest BCUT2D eigenvalue weighted by molar-refractivity contribution is -0.135. The molecule has 0 saturated carbocycles. The van der Waals surface area contributed by atoms with E-state index in [4.69, 9.17) is 23.2 Å². The molecule has 18 heavy (non-hydrogen) atoms. The summed E-state index contributed by atoms with van der Waals surface area (Å²) in [6.45, 7) is 0.728. The minimum Gasteiger partial charge on any atom is -0.335 e. The Balaban J connectivity index is 2.15. The number of rotatable bonds is 3. The fourth-order valence-electron chi connectivity index (χ4n) is 2.22. The molecular formula is C13H13Cl2NO2. The summed E-state index contributed by atoms with van der Waals surface area (Å²) >= 11 is 11.9. The van der Waals surface area contributed by atoms with Gasteiger partial charge in [-0.25, -0.2) is 0 Å². The van der Waals surface area contributed by atoms with Gasteiger partial charge in [-0.1, -0.05) is 29.3 Å². The highest BCUT2D eigenvalue weighted by atomic mass is 35.5. The number of carbonyl (C=O) groups excluding carboxylic acids is 2. The van der Waals surface area contributed by atoms with E-state index in [1.807, 2.05) is 12.1 Å². The molecule has 96 valence electrons. The monoisotopic (exact) mass is 285 g/mol. The second-order valence-corrected chi connectivity index (χ2v) is 5.19. The summed E-state index contributed by atoms with van der Waals surface area (Å²) in [6.07, 6.45) is 2.01. The third-order valence-corrected chi connectivity index (χ3v) is 3.95. The van der Waals surface area contributed by atoms with E-state index in [9.17, 15) is 9.59 Å². The molecule has 0 radical (unpaired) electrons. The van der Waals surface area contributed by atoms with E-state index in [2.05, 4.69) is 0 Å². The lowest BCUT2D eigenvalue weighted by Crippen LogP contribution is -2.40. The van der Waals surface area contributed by atoms with Crippen LogP contribution < -0.4 is 0 Å². The smallest absolute Gasteiger partial charge is 0.222 e. The summed E-state index contributed by atoms with van der Waals surface area (Å²) in [5, 5.41) is 1.05. The third-order valence-electron chi connectivity index (χ3n) is 3.21. The maximum Gasteiger partial charge on any atom is 0.222 e. The van der Waals surface area contributed by atoms with Gasteiger partial charge in [-0.3, -0.25) is 4.79 Å². The second-order valence-electron chi connectivity index (χ2n) is 4.37. The number of nitrogens with zero attached hydrogens (tertiary/aromatic N) is 1. The first kappa shape index (κ1) is 13.4. The first-order chi connectivity index (χ1) is 8.61. The molecule has 0 bridgehead atoms. The van der Waals surface area contributed by atoms with E-state index < -0.39 is 0 Å². The standard InChI is InChI=1S/C13H13Cl2NO2/c14-11-3-1-9(7-12(11)15)10-2-4-13(18)16(8-10)5-6-17/h1,3,6-7,10H,2,4-5,8H2/t10-/m1/s1. The van der Waals surface area contributed by atoms with Gasteiger partial charge >= 0.3 is 0 Å². The lowest BCUT2D eigenvalue weighted by atomic mass is 9.90. The van der Waals surface area contributed by atoms with Crippen LogP contribution in [0.3, 0.4) is 0 Å². The zero-order valence-corrected chi connectivity index (χ0v) is 11.2. The van der Waals surface area contributed by atoms with Gasteiger partial charge in [-0.15, -0.1) is 0 Å². The van der Waals surface area contributed by atoms with Crippen molar-refractivity contribution in [3.05, 3.63) is 33.8 Å². The van der Waals surface area contributed by atoms with E-state index in [0.717, 1.165) is 18.3 Å². The van der Waals surface area contributed by atoms with Crippen molar-refractivity contribution in [2.75, 3.05) is 13.1 Å². The number of piperidine rings is 1. The van der Waals surface area contributed by atoms with E-state index in [0.29, 0.717) is 23.0 Å². The van der Waals surface area contributed by atoms with Gasteiger partial charge in [0.15, 0.2) is 0 Å². The first-order valence-corrected chi connectivity index (χ1v) is 6.53. The number of carbonyl (C=O) groups is 2. The minimum atomic E-state index is 0.0402. The molecule has 1 fully saturated rings. The van der Waals surface area contributed by atoms with Crippen molar-refractivity contribution in [2.24, 2.45) is 0 Å². The van der Waals surface area contributed by atoms with E-state index in [-0.39, 0.29) is 18.4 Å². The molecule has 0 N–H and O–H groups in total. The van der Waals surface area contributed by atoms with Crippen molar-refractivity contribution in [3.8, 4) is 0 Å². The number of amides is 1. The Bertz CT molecular complexity index is 476. The largest absolute Gasteiger partial charge is 0.335 e. The Hall–Kier alpha value is -1.06. The Morgan fingerprint density at radius 2 is 2.11 bits per heavy atom. The molecule has 2 rings (SSSR count). The van der Waals surface area contributed by atoms with Crippen LogP contribution in [0.5, 0.6) is 0 Å². The van der Waals surface area contributed by atoms with Gasteiger partial charge in [0, 0.05) is 18.9 Å². The molecule has 0 spiro atoms. The lowest BCUT2D eigenvalue weighted by Gasteiger charge is -2.31. The summed E-state index contributed by atoms with van der Waals surface area (Å²) in [5.74, 6) is 0.260. The van der Waals surface area contributed by atoms with Crippen LogP contribution in [0.4, 0.5) is 0 Å². The molecule has 0 aromatic heterocycles. The van der Waals surface area contributed by atoms with Gasteiger partial charge in [0.2, 0.25) is 5.91 Å². The molecule has 1 atom stereocenters. The van der Waals surface area contributed by atoms with Crippen LogP contribution in [-0.2, 0) is 9.59 Å². The molecule has 1 aliphatic heterocycles. The highest BCUT2D eigenvalue weighted by Gasteiger charge is 2.26. The zero-order valence-electron chi connectivity index (χ0n) is 9.73. The van der Waals surface area contributed by atoms with E-state index >= 15 is 0 Å². The molecule has 1 amide bonds. The van der Waals surface area contributed by atoms with Crippen LogP contribution in [0, 0.1) is 0 Å². The van der Waals surface area contributed by atoms with Crippen molar-refractivity contribution in [1.82, 2.24) is 4.90 Å². The van der Waals surface area contributed by atoms with Crippen molar-refractivity contribution in [3.63, 3.8) is 0 Å². The maximum atomic E-state index is 11.6. The van der Waals surface area contributed by atoms with Crippen LogP contribution in [0.25, 0.3) is 0 Å². The normalized spacial score (nSPS) is 20.0. The van der Waals surface area contributed by atoms with Gasteiger partial charge in [-0.2, -0.15) is 0 Å². The van der Waals surface area contributed by atoms with Crippen LogP contribution in [0.1, 0.15) is 24.3 Å². The number of hydrogen-bond donors (Lipinski definition) is 0. The van der Waals surface area contributed by atoms with Gasteiger partial charge in [0.25, 0.3) is 0 Å². The molecule has 1 heterocycles. The van der Waals surface area contributed by atoms with Gasteiger partial charge in [-0.05, 0) is 24.1 Å². The first-order valence-electron chi connectivity index (χ1n) is 5.78. The average molecular weight is 286 g/mol. The Morgan fingerprint density at radius 1 is 1.33 bits per heavy atom. The molecule has 1 aromatic rings. The highest BCUT2D eigenvalue weighted by Crippen LogP contribution is 2.31. The fourth-order valence-corrected chi connectivity index (χ4v) is 2.53. The van der Waals surface area contributed by atoms with Crippen LogP contribution in [-0.4, -0.2) is 30.2 Å². The molecular weight excluding hydrogens is 273 g/mol. The second kappa shape index (κ2) is 5.72. The maximum absolute atomic E-state index is 11.6. The van der Waals surface area contributed by atoms with Crippen molar-refractivity contribution in [2.45, 2.75) is 18.8 Å². The number of benzene rings is 1. The van der Waals surface area contributed by atoms with E-state index in [1.54, 1.807) is 11.0 Å². The Morgan fingerprint density at radius 3 is 2.78 bits per heavy atom. The number of halogens is 2. The Labute approximate surface area is 116 Å². The number of aldehydes is 1. The minimum absolute atomic E-state index is 0.0402. The summed E-state index contributed by atoms with van der Waals surface area (Å²) < 4.78 is 0. The average Bonchev–Trinajstić information content (AvgIpc) is 2.36. The SMILES string of the molecule is O=CCN1C[C@H](c2ccc(Cl)c(Cl)c2)CCC1=O.